The van der Waals surface area contributed by atoms with E-state index in [0.29, 0.717) is 6.42 Å². The first-order valence-electron chi connectivity index (χ1n) is 6.32. The van der Waals surface area contributed by atoms with Crippen LogP contribution in [0.4, 0.5) is 0 Å². The molecule has 1 unspecified atom stereocenters. The van der Waals surface area contributed by atoms with Gasteiger partial charge in [0.05, 0.1) is 16.5 Å². The number of rotatable bonds is 4. The number of benzene rings is 1. The molecule has 1 atom stereocenters. The number of nitrogens with two attached hydrogens (primary N) is 1. The van der Waals surface area contributed by atoms with E-state index in [1.807, 2.05) is 30.3 Å². The molecule has 0 saturated carbocycles. The smallest absolute Gasteiger partial charge is 0.198 e. The minimum absolute atomic E-state index is 0.0319. The maximum Gasteiger partial charge on any atom is 0.198 e. The van der Waals surface area contributed by atoms with E-state index in [1.54, 1.807) is 6.08 Å². The van der Waals surface area contributed by atoms with Crippen LogP contribution in [0.25, 0.3) is 0 Å². The summed E-state index contributed by atoms with van der Waals surface area (Å²) in [4.78, 5) is 24.7. The lowest BCUT2D eigenvalue weighted by Crippen LogP contribution is -2.40. The van der Waals surface area contributed by atoms with Gasteiger partial charge in [0.25, 0.3) is 0 Å². The van der Waals surface area contributed by atoms with Crippen LogP contribution in [0.3, 0.4) is 0 Å². The van der Waals surface area contributed by atoms with Gasteiger partial charge in [-0.05, 0) is 18.4 Å². The van der Waals surface area contributed by atoms with Crippen LogP contribution in [-0.4, -0.2) is 16.4 Å². The maximum atomic E-state index is 12.3. The van der Waals surface area contributed by atoms with Crippen LogP contribution in [0, 0.1) is 5.92 Å². The quantitative estimate of drug-likeness (QED) is 0.680. The molecular weight excluding hydrogens is 270 g/mol. The number of hydrogen-bond donors (Lipinski definition) is 1. The molecule has 0 bridgehead atoms. The number of carbonyl (C=O) groups excluding carboxylic acids is 2. The Labute approximate surface area is 123 Å². The molecule has 2 rings (SSSR count). The Kier molecular flexibility index (Phi) is 4.25. The van der Waals surface area contributed by atoms with E-state index in [0.717, 1.165) is 5.56 Å². The van der Waals surface area contributed by atoms with Crippen molar-refractivity contribution in [2.24, 2.45) is 11.7 Å². The number of thiocarbonyl (C=S) groups is 1. The van der Waals surface area contributed by atoms with Crippen molar-refractivity contribution in [3.63, 3.8) is 0 Å². The number of allylic oxidation sites excluding steroid dienone is 3. The van der Waals surface area contributed by atoms with Gasteiger partial charge in [-0.25, -0.2) is 0 Å². The molecule has 0 saturated heterocycles. The third kappa shape index (κ3) is 2.60. The molecule has 1 aromatic carbocycles. The summed E-state index contributed by atoms with van der Waals surface area (Å²) in [6, 6.07) is 9.47. The minimum Gasteiger partial charge on any atom is -0.395 e. The average molecular weight is 285 g/mol. The van der Waals surface area contributed by atoms with Gasteiger partial charge in [-0.15, -0.1) is 6.58 Å². The molecule has 0 aromatic heterocycles. The third-order valence-corrected chi connectivity index (χ3v) is 3.82. The molecular formula is C16H15NO2S. The van der Waals surface area contributed by atoms with Crippen LogP contribution >= 0.6 is 12.2 Å². The lowest BCUT2D eigenvalue weighted by atomic mass is 9.80. The van der Waals surface area contributed by atoms with Gasteiger partial charge in [-0.3, -0.25) is 9.59 Å². The first-order valence-corrected chi connectivity index (χ1v) is 6.73. The topological polar surface area (TPSA) is 60.2 Å². The van der Waals surface area contributed by atoms with E-state index in [2.05, 4.69) is 6.58 Å². The van der Waals surface area contributed by atoms with Crippen molar-refractivity contribution in [2.75, 3.05) is 0 Å². The second-order valence-electron chi connectivity index (χ2n) is 4.68. The summed E-state index contributed by atoms with van der Waals surface area (Å²) in [6.45, 7) is 3.56. The molecule has 0 heterocycles. The second kappa shape index (κ2) is 5.92. The van der Waals surface area contributed by atoms with Crippen molar-refractivity contribution < 1.29 is 9.59 Å². The Morgan fingerprint density at radius 2 is 1.90 bits per heavy atom. The highest BCUT2D eigenvalue weighted by Gasteiger charge is 2.37. The molecule has 1 aromatic rings. The highest BCUT2D eigenvalue weighted by molar-refractivity contribution is 7.82. The van der Waals surface area contributed by atoms with Crippen LogP contribution < -0.4 is 5.73 Å². The van der Waals surface area contributed by atoms with Crippen LogP contribution in [0.5, 0.6) is 0 Å². The van der Waals surface area contributed by atoms with E-state index in [9.17, 15) is 9.59 Å². The number of ketones is 2. The molecule has 0 amide bonds. The lowest BCUT2D eigenvalue weighted by molar-refractivity contribution is -0.120. The van der Waals surface area contributed by atoms with Gasteiger partial charge in [0.2, 0.25) is 0 Å². The van der Waals surface area contributed by atoms with Gasteiger partial charge in [0, 0.05) is 5.57 Å². The van der Waals surface area contributed by atoms with E-state index in [4.69, 9.17) is 18.0 Å². The van der Waals surface area contributed by atoms with Crippen LogP contribution in [0.15, 0.2) is 54.3 Å². The van der Waals surface area contributed by atoms with Gasteiger partial charge >= 0.3 is 0 Å². The predicted octanol–water partition coefficient (Wildman–Crippen LogP) is 2.16. The zero-order chi connectivity index (χ0) is 14.7. The lowest BCUT2D eigenvalue weighted by Gasteiger charge is -2.23. The number of Topliss-reactive ketones (excluding diaryl/α,β-unsaturated/α-hetero) is 2. The molecule has 0 radical (unpaired) electrons. The summed E-state index contributed by atoms with van der Waals surface area (Å²) < 4.78 is 0. The Hall–Kier alpha value is -2.07. The summed E-state index contributed by atoms with van der Waals surface area (Å²) >= 11 is 5.18. The molecule has 0 aliphatic heterocycles. The fourth-order valence-corrected chi connectivity index (χ4v) is 2.58. The van der Waals surface area contributed by atoms with Gasteiger partial charge in [-0.1, -0.05) is 48.6 Å². The molecule has 4 heteroatoms. The largest absolute Gasteiger partial charge is 0.395 e. The Bertz CT molecular complexity index is 617. The molecule has 20 heavy (non-hydrogen) atoms. The van der Waals surface area contributed by atoms with Gasteiger partial charge in [-0.2, -0.15) is 0 Å². The number of hydrogen-bond acceptors (Lipinski definition) is 4. The molecule has 0 spiro atoms. The Balaban J connectivity index is 2.33. The van der Waals surface area contributed by atoms with Crippen LogP contribution in [0.1, 0.15) is 12.0 Å². The molecule has 0 fully saturated rings. The second-order valence-corrected chi connectivity index (χ2v) is 5.12. The van der Waals surface area contributed by atoms with E-state index in [1.165, 1.54) is 0 Å². The normalized spacial score (nSPS) is 19.4. The van der Waals surface area contributed by atoms with Crippen LogP contribution in [-0.2, 0) is 16.0 Å². The summed E-state index contributed by atoms with van der Waals surface area (Å²) in [5, 5.41) is 0. The molecule has 1 aliphatic rings. The zero-order valence-electron chi connectivity index (χ0n) is 11.0. The van der Waals surface area contributed by atoms with E-state index >= 15 is 0 Å². The zero-order valence-corrected chi connectivity index (χ0v) is 11.8. The maximum absolute atomic E-state index is 12.3. The van der Waals surface area contributed by atoms with Crippen molar-refractivity contribution in [3.05, 3.63) is 59.8 Å². The number of carbonyl (C=O) groups is 2. The van der Waals surface area contributed by atoms with Crippen molar-refractivity contribution in [1.82, 2.24) is 0 Å². The Morgan fingerprint density at radius 3 is 2.50 bits per heavy atom. The van der Waals surface area contributed by atoms with Crippen LogP contribution in [0.2, 0.25) is 0 Å². The predicted molar refractivity (Wildman–Crippen MR) is 82.3 cm³/mol. The van der Waals surface area contributed by atoms with Crippen molar-refractivity contribution in [1.29, 1.82) is 0 Å². The average Bonchev–Trinajstić information content (AvgIpc) is 2.47. The summed E-state index contributed by atoms with van der Waals surface area (Å²) in [7, 11) is 0. The SMILES string of the molecule is C=CCC1=C(N)C(=O)C(Cc2ccccc2)C(=S)C1=O. The standard InChI is InChI=1S/C16H15NO2S/c1-2-6-11-13(17)14(18)12(16(20)15(11)19)9-10-7-4-3-5-8-10/h2-5,7-8,12H,1,6,9,17H2. The first-order chi connectivity index (χ1) is 9.56. The minimum atomic E-state index is -0.631. The third-order valence-electron chi connectivity index (χ3n) is 3.35. The van der Waals surface area contributed by atoms with Crippen molar-refractivity contribution in [2.45, 2.75) is 12.8 Å². The highest BCUT2D eigenvalue weighted by Crippen LogP contribution is 2.25. The monoisotopic (exact) mass is 285 g/mol. The summed E-state index contributed by atoms with van der Waals surface area (Å²) in [5.41, 5.74) is 7.08. The molecule has 102 valence electrons. The molecule has 3 nitrogen and oxygen atoms in total. The fourth-order valence-electron chi connectivity index (χ4n) is 2.27. The van der Waals surface area contributed by atoms with Gasteiger partial charge < -0.3 is 5.73 Å². The van der Waals surface area contributed by atoms with Gasteiger partial charge in [0.1, 0.15) is 0 Å². The van der Waals surface area contributed by atoms with Crippen molar-refractivity contribution in [3.8, 4) is 0 Å². The molecule has 1 aliphatic carbocycles. The van der Waals surface area contributed by atoms with E-state index < -0.39 is 5.92 Å². The summed E-state index contributed by atoms with van der Waals surface area (Å²) in [6.07, 6.45) is 2.23. The summed E-state index contributed by atoms with van der Waals surface area (Å²) in [5.74, 6) is -1.18. The molecule has 2 N–H and O–H groups in total. The van der Waals surface area contributed by atoms with E-state index in [-0.39, 0.29) is 34.1 Å². The first kappa shape index (κ1) is 14.3. The highest BCUT2D eigenvalue weighted by atomic mass is 32.1. The fraction of sp³-hybridized carbons (Fsp3) is 0.188. The Morgan fingerprint density at radius 1 is 1.25 bits per heavy atom. The van der Waals surface area contributed by atoms with Crippen molar-refractivity contribution >= 4 is 28.6 Å². The van der Waals surface area contributed by atoms with Gasteiger partial charge in [0.15, 0.2) is 11.6 Å².